The summed E-state index contributed by atoms with van der Waals surface area (Å²) < 4.78 is 5.25. The van der Waals surface area contributed by atoms with Gasteiger partial charge in [-0.05, 0) is 29.7 Å². The summed E-state index contributed by atoms with van der Waals surface area (Å²) in [4.78, 5) is 35.0. The lowest BCUT2D eigenvalue weighted by Crippen LogP contribution is -2.33. The summed E-state index contributed by atoms with van der Waals surface area (Å²) in [7, 11) is 1.53. The average Bonchev–Trinajstić information content (AvgIpc) is 2.92. The predicted molar refractivity (Wildman–Crippen MR) is 101 cm³/mol. The Morgan fingerprint density at radius 3 is 2.44 bits per heavy atom. The van der Waals surface area contributed by atoms with Crippen molar-refractivity contribution in [3.05, 3.63) is 59.4 Å². The summed E-state index contributed by atoms with van der Waals surface area (Å²) >= 11 is 0. The van der Waals surface area contributed by atoms with Crippen molar-refractivity contribution in [2.75, 3.05) is 19.4 Å². The number of hydrogen-bond donors (Lipinski definition) is 1. The summed E-state index contributed by atoms with van der Waals surface area (Å²) in [5.74, 6) is -0.0130. The van der Waals surface area contributed by atoms with Crippen LogP contribution in [0.15, 0.2) is 42.6 Å². The fourth-order valence-electron chi connectivity index (χ4n) is 3.40. The van der Waals surface area contributed by atoms with Gasteiger partial charge in [0.25, 0.3) is 11.8 Å². The van der Waals surface area contributed by atoms with Crippen LogP contribution in [0.25, 0.3) is 10.8 Å². The Labute approximate surface area is 155 Å². The van der Waals surface area contributed by atoms with Gasteiger partial charge in [0.1, 0.15) is 5.82 Å². The van der Waals surface area contributed by atoms with Crippen molar-refractivity contribution >= 4 is 28.4 Å². The van der Waals surface area contributed by atoms with Gasteiger partial charge < -0.3 is 10.5 Å². The minimum absolute atomic E-state index is 0.182. The zero-order chi connectivity index (χ0) is 19.1. The van der Waals surface area contributed by atoms with Gasteiger partial charge in [0.05, 0.1) is 23.6 Å². The van der Waals surface area contributed by atoms with Gasteiger partial charge in [-0.2, -0.15) is 0 Å². The van der Waals surface area contributed by atoms with Crippen LogP contribution in [0, 0.1) is 0 Å². The molecule has 3 heterocycles. The van der Waals surface area contributed by atoms with E-state index in [0.29, 0.717) is 33.9 Å². The van der Waals surface area contributed by atoms with Crippen LogP contribution in [0.1, 0.15) is 39.3 Å². The molecule has 1 aliphatic rings. The Hall–Kier alpha value is -3.48. The molecule has 0 bridgehead atoms. The summed E-state index contributed by atoms with van der Waals surface area (Å²) in [6.45, 7) is 2.14. The first kappa shape index (κ1) is 17.0. The van der Waals surface area contributed by atoms with Gasteiger partial charge >= 0.3 is 0 Å². The molecular formula is C20H18N4O3. The van der Waals surface area contributed by atoms with Crippen molar-refractivity contribution in [1.82, 2.24) is 14.9 Å². The first-order valence-electron chi connectivity index (χ1n) is 8.55. The predicted octanol–water partition coefficient (Wildman–Crippen LogP) is 2.62. The Kier molecular flexibility index (Phi) is 3.99. The van der Waals surface area contributed by atoms with Gasteiger partial charge in [0, 0.05) is 24.4 Å². The highest BCUT2D eigenvalue weighted by Gasteiger charge is 2.36. The molecule has 0 saturated heterocycles. The molecule has 1 aliphatic heterocycles. The number of nitrogen functional groups attached to an aromatic ring is 1. The van der Waals surface area contributed by atoms with Crippen LogP contribution in [0.2, 0.25) is 0 Å². The third-order valence-electron chi connectivity index (χ3n) is 4.79. The third kappa shape index (κ3) is 2.68. The van der Waals surface area contributed by atoms with Crippen LogP contribution in [0.4, 0.5) is 5.82 Å². The van der Waals surface area contributed by atoms with E-state index in [2.05, 4.69) is 9.97 Å². The smallest absolute Gasteiger partial charge is 0.261 e. The van der Waals surface area contributed by atoms with Gasteiger partial charge in [-0.1, -0.05) is 19.1 Å². The zero-order valence-corrected chi connectivity index (χ0v) is 15.0. The number of nitrogens with zero attached hydrogens (tertiary/aromatic N) is 3. The lowest BCUT2D eigenvalue weighted by molar-refractivity contribution is 0.0646. The molecule has 0 saturated carbocycles. The van der Waals surface area contributed by atoms with E-state index in [4.69, 9.17) is 10.5 Å². The van der Waals surface area contributed by atoms with Crippen molar-refractivity contribution in [2.45, 2.75) is 12.8 Å². The van der Waals surface area contributed by atoms with Crippen molar-refractivity contribution in [1.29, 1.82) is 0 Å². The molecule has 2 amide bonds. The fraction of sp³-hybridized carbons (Fsp3) is 0.200. The van der Waals surface area contributed by atoms with Crippen molar-refractivity contribution in [3.8, 4) is 5.88 Å². The van der Waals surface area contributed by atoms with Gasteiger partial charge in [-0.25, -0.2) is 9.97 Å². The number of ether oxygens (including phenoxy) is 1. The van der Waals surface area contributed by atoms with Crippen LogP contribution >= 0.6 is 0 Å². The molecule has 4 rings (SSSR count). The van der Waals surface area contributed by atoms with Crippen LogP contribution in [0.3, 0.4) is 0 Å². The first-order valence-corrected chi connectivity index (χ1v) is 8.55. The second-order valence-electron chi connectivity index (χ2n) is 6.52. The lowest BCUT2D eigenvalue weighted by Gasteiger charge is -2.20. The second kappa shape index (κ2) is 6.35. The minimum Gasteiger partial charge on any atom is -0.480 e. The summed E-state index contributed by atoms with van der Waals surface area (Å²) in [5, 5.41) is 1.50. The molecule has 27 heavy (non-hydrogen) atoms. The summed E-state index contributed by atoms with van der Waals surface area (Å²) in [6, 6.07) is 10.6. The highest BCUT2D eigenvalue weighted by atomic mass is 16.5. The fourth-order valence-corrected chi connectivity index (χ4v) is 3.40. The zero-order valence-electron chi connectivity index (χ0n) is 15.0. The van der Waals surface area contributed by atoms with Crippen LogP contribution in [-0.2, 0) is 0 Å². The molecule has 0 aliphatic carbocycles. The van der Waals surface area contributed by atoms with E-state index in [1.54, 1.807) is 30.5 Å². The highest BCUT2D eigenvalue weighted by molar-refractivity contribution is 6.21. The third-order valence-corrected chi connectivity index (χ3v) is 4.79. The molecule has 1 atom stereocenters. The molecule has 0 spiro atoms. The highest BCUT2D eigenvalue weighted by Crippen LogP contribution is 2.31. The maximum atomic E-state index is 12.6. The van der Waals surface area contributed by atoms with E-state index < -0.39 is 0 Å². The number of fused-ring (bicyclic) bond motifs is 2. The van der Waals surface area contributed by atoms with Gasteiger partial charge in [-0.3, -0.25) is 14.5 Å². The largest absolute Gasteiger partial charge is 0.480 e. The number of carbonyl (C=O) groups excluding carboxylic acids is 2. The molecule has 0 fully saturated rings. The molecule has 1 aromatic carbocycles. The van der Waals surface area contributed by atoms with Gasteiger partial charge in [0.2, 0.25) is 5.88 Å². The standard InChI is InChI=1S/C20H18N4O3/c1-11(10-24-19(25)13-5-3-4-6-14(13)20(24)26)15-9-12-7-8-22-18(27-2)16(12)17(21)23-15/h3-9,11H,10H2,1-2H3,(H2,21,23). The SMILES string of the molecule is COc1nccc2cc(C(C)CN3C(=O)c4ccccc4C3=O)nc(N)c12. The molecule has 0 radical (unpaired) electrons. The Morgan fingerprint density at radius 1 is 1.15 bits per heavy atom. The van der Waals surface area contributed by atoms with E-state index in [1.165, 1.54) is 12.0 Å². The molecular weight excluding hydrogens is 344 g/mol. The Morgan fingerprint density at radius 2 is 1.81 bits per heavy atom. The molecule has 2 aromatic heterocycles. The van der Waals surface area contributed by atoms with Crippen molar-refractivity contribution in [2.24, 2.45) is 0 Å². The van der Waals surface area contributed by atoms with Gasteiger partial charge in [-0.15, -0.1) is 0 Å². The number of benzene rings is 1. The first-order chi connectivity index (χ1) is 13.0. The maximum Gasteiger partial charge on any atom is 0.261 e. The van der Waals surface area contributed by atoms with Gasteiger partial charge in [0.15, 0.2) is 0 Å². The van der Waals surface area contributed by atoms with Crippen molar-refractivity contribution < 1.29 is 14.3 Å². The number of methoxy groups -OCH3 is 1. The topological polar surface area (TPSA) is 98.4 Å². The number of imide groups is 1. The number of hydrogen-bond acceptors (Lipinski definition) is 6. The van der Waals surface area contributed by atoms with E-state index in [1.807, 2.05) is 19.1 Å². The van der Waals surface area contributed by atoms with E-state index in [0.717, 1.165) is 5.39 Å². The molecule has 3 aromatic rings. The number of anilines is 1. The molecule has 2 N–H and O–H groups in total. The number of carbonyl (C=O) groups is 2. The number of amides is 2. The quantitative estimate of drug-likeness (QED) is 0.717. The Balaban J connectivity index is 1.66. The minimum atomic E-state index is -0.276. The average molecular weight is 362 g/mol. The molecule has 7 nitrogen and oxygen atoms in total. The van der Waals surface area contributed by atoms with Crippen molar-refractivity contribution in [3.63, 3.8) is 0 Å². The monoisotopic (exact) mass is 362 g/mol. The number of rotatable bonds is 4. The molecule has 7 heteroatoms. The summed E-state index contributed by atoms with van der Waals surface area (Å²) in [6.07, 6.45) is 1.64. The number of aromatic nitrogens is 2. The molecule has 136 valence electrons. The number of pyridine rings is 2. The van der Waals surface area contributed by atoms with E-state index in [9.17, 15) is 9.59 Å². The normalized spacial score (nSPS) is 14.5. The van der Waals surface area contributed by atoms with E-state index >= 15 is 0 Å². The summed E-state index contributed by atoms with van der Waals surface area (Å²) in [5.41, 5.74) is 7.71. The molecule has 1 unspecified atom stereocenters. The lowest BCUT2D eigenvalue weighted by atomic mass is 10.0. The second-order valence-corrected chi connectivity index (χ2v) is 6.52. The van der Waals surface area contributed by atoms with Crippen LogP contribution in [-0.4, -0.2) is 40.3 Å². The van der Waals surface area contributed by atoms with E-state index in [-0.39, 0.29) is 24.3 Å². The van der Waals surface area contributed by atoms with Crippen LogP contribution in [0.5, 0.6) is 5.88 Å². The van der Waals surface area contributed by atoms with Crippen LogP contribution < -0.4 is 10.5 Å². The number of nitrogens with two attached hydrogens (primary N) is 1. The maximum absolute atomic E-state index is 12.6. The Bertz CT molecular complexity index is 1050.